The number of aliphatic imine (C=N–C) groups is 1. The van der Waals surface area contributed by atoms with E-state index in [0.29, 0.717) is 12.0 Å². The fourth-order valence-corrected chi connectivity index (χ4v) is 3.92. The lowest BCUT2D eigenvalue weighted by Gasteiger charge is -2.18. The largest absolute Gasteiger partial charge is 0.357 e. The van der Waals surface area contributed by atoms with Gasteiger partial charge in [0.1, 0.15) is 0 Å². The summed E-state index contributed by atoms with van der Waals surface area (Å²) in [5, 5.41) is 6.91. The molecule has 0 radical (unpaired) electrons. The highest BCUT2D eigenvalue weighted by atomic mass is 32.1. The summed E-state index contributed by atoms with van der Waals surface area (Å²) in [6.07, 6.45) is 2.32. The molecule has 0 bridgehead atoms. The van der Waals surface area contributed by atoms with E-state index in [0.717, 1.165) is 25.5 Å². The van der Waals surface area contributed by atoms with Crippen molar-refractivity contribution >= 4 is 17.3 Å². The standard InChI is InChI=1S/C17H30N4S/c1-5-18-17(19-11-15-8-9-21(4)12-15)20-13(2)10-16-7-6-14(3)22-16/h6-7,13,15H,5,8-12H2,1-4H3,(H2,18,19,20). The van der Waals surface area contributed by atoms with E-state index in [-0.39, 0.29) is 0 Å². The zero-order valence-electron chi connectivity index (χ0n) is 14.4. The lowest BCUT2D eigenvalue weighted by molar-refractivity contribution is 0.397. The summed E-state index contributed by atoms with van der Waals surface area (Å²) in [5.41, 5.74) is 0. The van der Waals surface area contributed by atoms with Crippen molar-refractivity contribution in [3.8, 4) is 0 Å². The predicted octanol–water partition coefficient (Wildman–Crippen LogP) is 2.49. The third-order valence-electron chi connectivity index (χ3n) is 4.03. The number of nitrogens with zero attached hydrogens (tertiary/aromatic N) is 2. The highest BCUT2D eigenvalue weighted by Gasteiger charge is 2.19. The van der Waals surface area contributed by atoms with E-state index in [2.05, 4.69) is 55.5 Å². The number of aryl methyl sites for hydroxylation is 1. The van der Waals surface area contributed by atoms with Gasteiger partial charge in [0.05, 0.1) is 0 Å². The highest BCUT2D eigenvalue weighted by molar-refractivity contribution is 7.11. The van der Waals surface area contributed by atoms with E-state index in [1.807, 2.05) is 11.3 Å². The fourth-order valence-electron chi connectivity index (χ4n) is 2.90. The van der Waals surface area contributed by atoms with Crippen LogP contribution in [0.1, 0.15) is 30.0 Å². The molecule has 4 nitrogen and oxygen atoms in total. The molecule has 2 N–H and O–H groups in total. The second kappa shape index (κ2) is 8.53. The van der Waals surface area contributed by atoms with E-state index < -0.39 is 0 Å². The van der Waals surface area contributed by atoms with Crippen molar-refractivity contribution in [1.29, 1.82) is 0 Å². The quantitative estimate of drug-likeness (QED) is 0.624. The van der Waals surface area contributed by atoms with Crippen molar-refractivity contribution in [2.45, 2.75) is 39.7 Å². The predicted molar refractivity (Wildman–Crippen MR) is 96.9 cm³/mol. The van der Waals surface area contributed by atoms with Crippen LogP contribution in [0.25, 0.3) is 0 Å². The lowest BCUT2D eigenvalue weighted by atomic mass is 10.1. The van der Waals surface area contributed by atoms with Gasteiger partial charge in [-0.15, -0.1) is 11.3 Å². The molecular formula is C17H30N4S. The molecule has 1 aromatic heterocycles. The Bertz CT molecular complexity index is 483. The topological polar surface area (TPSA) is 39.7 Å². The molecule has 2 rings (SSSR count). The molecular weight excluding hydrogens is 292 g/mol. The van der Waals surface area contributed by atoms with E-state index in [1.165, 1.54) is 29.3 Å². The van der Waals surface area contributed by atoms with Gasteiger partial charge in [0.2, 0.25) is 0 Å². The SMILES string of the molecule is CCNC(=NCC1CCN(C)C1)NC(C)Cc1ccc(C)s1. The van der Waals surface area contributed by atoms with E-state index in [9.17, 15) is 0 Å². The molecule has 2 atom stereocenters. The Morgan fingerprint density at radius 3 is 2.91 bits per heavy atom. The second-order valence-corrected chi connectivity index (χ2v) is 7.77. The molecule has 1 saturated heterocycles. The molecule has 22 heavy (non-hydrogen) atoms. The van der Waals surface area contributed by atoms with Crippen molar-refractivity contribution in [3.63, 3.8) is 0 Å². The zero-order valence-corrected chi connectivity index (χ0v) is 15.2. The Hall–Kier alpha value is -1.07. The van der Waals surface area contributed by atoms with E-state index >= 15 is 0 Å². The van der Waals surface area contributed by atoms with E-state index in [4.69, 9.17) is 4.99 Å². The average molecular weight is 323 g/mol. The molecule has 0 saturated carbocycles. The fraction of sp³-hybridized carbons (Fsp3) is 0.706. The average Bonchev–Trinajstić information content (AvgIpc) is 3.05. The van der Waals surface area contributed by atoms with Gasteiger partial charge in [-0.05, 0) is 58.8 Å². The van der Waals surface area contributed by atoms with Crippen LogP contribution in [0.15, 0.2) is 17.1 Å². The summed E-state index contributed by atoms with van der Waals surface area (Å²) < 4.78 is 0. The van der Waals surface area contributed by atoms with Crippen molar-refractivity contribution in [2.75, 3.05) is 33.2 Å². The maximum atomic E-state index is 4.79. The summed E-state index contributed by atoms with van der Waals surface area (Å²) >= 11 is 1.88. The number of thiophene rings is 1. The third kappa shape index (κ3) is 5.61. The number of hydrogen-bond donors (Lipinski definition) is 2. The van der Waals surface area contributed by atoms with Gasteiger partial charge in [0, 0.05) is 41.9 Å². The molecule has 1 fully saturated rings. The first-order chi connectivity index (χ1) is 10.6. The van der Waals surface area contributed by atoms with Crippen LogP contribution in [0.4, 0.5) is 0 Å². The molecule has 0 aliphatic carbocycles. The van der Waals surface area contributed by atoms with E-state index in [1.54, 1.807) is 0 Å². The summed E-state index contributed by atoms with van der Waals surface area (Å²) in [6.45, 7) is 10.7. The van der Waals surface area contributed by atoms with Crippen LogP contribution in [-0.4, -0.2) is 50.1 Å². The smallest absolute Gasteiger partial charge is 0.191 e. The summed E-state index contributed by atoms with van der Waals surface area (Å²) in [7, 11) is 2.19. The number of rotatable bonds is 6. The van der Waals surface area contributed by atoms with Gasteiger partial charge in [0.25, 0.3) is 0 Å². The van der Waals surface area contributed by atoms with Gasteiger partial charge in [0.15, 0.2) is 5.96 Å². The zero-order chi connectivity index (χ0) is 15.9. The minimum atomic E-state index is 0.391. The summed E-state index contributed by atoms with van der Waals surface area (Å²) in [4.78, 5) is 10.00. The monoisotopic (exact) mass is 322 g/mol. The maximum absolute atomic E-state index is 4.79. The highest BCUT2D eigenvalue weighted by Crippen LogP contribution is 2.17. The van der Waals surface area contributed by atoms with Crippen molar-refractivity contribution in [3.05, 3.63) is 21.9 Å². The third-order valence-corrected chi connectivity index (χ3v) is 5.05. The first-order valence-electron chi connectivity index (χ1n) is 8.35. The Balaban J connectivity index is 1.84. The number of hydrogen-bond acceptors (Lipinski definition) is 3. The van der Waals surface area contributed by atoms with Crippen molar-refractivity contribution in [2.24, 2.45) is 10.9 Å². The molecule has 1 aliphatic rings. The van der Waals surface area contributed by atoms with Crippen molar-refractivity contribution < 1.29 is 0 Å². The maximum Gasteiger partial charge on any atom is 0.191 e. The van der Waals surface area contributed by atoms with Gasteiger partial charge in [-0.3, -0.25) is 4.99 Å². The van der Waals surface area contributed by atoms with Crippen LogP contribution >= 0.6 is 11.3 Å². The first kappa shape index (κ1) is 17.3. The van der Waals surface area contributed by atoms with Crippen LogP contribution in [0.5, 0.6) is 0 Å². The van der Waals surface area contributed by atoms with Gasteiger partial charge >= 0.3 is 0 Å². The first-order valence-corrected chi connectivity index (χ1v) is 9.17. The number of guanidine groups is 1. The lowest BCUT2D eigenvalue weighted by Crippen LogP contribution is -2.43. The van der Waals surface area contributed by atoms with Crippen LogP contribution in [0.3, 0.4) is 0 Å². The molecule has 0 aromatic carbocycles. The Morgan fingerprint density at radius 1 is 1.50 bits per heavy atom. The minimum absolute atomic E-state index is 0.391. The minimum Gasteiger partial charge on any atom is -0.357 e. The molecule has 0 amide bonds. The molecule has 2 heterocycles. The Kier molecular flexibility index (Phi) is 6.70. The van der Waals surface area contributed by atoms with Crippen LogP contribution in [0.2, 0.25) is 0 Å². The van der Waals surface area contributed by atoms with Gasteiger partial charge in [-0.2, -0.15) is 0 Å². The Morgan fingerprint density at radius 2 is 2.32 bits per heavy atom. The van der Waals surface area contributed by atoms with Crippen LogP contribution in [0, 0.1) is 12.8 Å². The van der Waals surface area contributed by atoms with Gasteiger partial charge in [-0.1, -0.05) is 0 Å². The van der Waals surface area contributed by atoms with Gasteiger partial charge < -0.3 is 15.5 Å². The van der Waals surface area contributed by atoms with Gasteiger partial charge in [-0.25, -0.2) is 0 Å². The number of nitrogens with one attached hydrogen (secondary N) is 2. The molecule has 2 unspecified atom stereocenters. The number of likely N-dealkylation sites (tertiary alicyclic amines) is 1. The molecule has 1 aliphatic heterocycles. The molecule has 5 heteroatoms. The summed E-state index contributed by atoms with van der Waals surface area (Å²) in [5.74, 6) is 1.66. The molecule has 0 spiro atoms. The molecule has 124 valence electrons. The van der Waals surface area contributed by atoms with Crippen molar-refractivity contribution in [1.82, 2.24) is 15.5 Å². The Labute approximate surface area is 139 Å². The van der Waals surface area contributed by atoms with Crippen LogP contribution in [-0.2, 0) is 6.42 Å². The second-order valence-electron chi connectivity index (χ2n) is 6.40. The normalized spacial score (nSPS) is 21.1. The summed E-state index contributed by atoms with van der Waals surface area (Å²) in [6, 6.07) is 4.82. The van der Waals surface area contributed by atoms with Crippen LogP contribution < -0.4 is 10.6 Å². The molecule has 1 aromatic rings.